The number of amides is 1. The Morgan fingerprint density at radius 3 is 2.46 bits per heavy atom. The molecule has 8 nitrogen and oxygen atoms in total. The first-order valence-corrected chi connectivity index (χ1v) is 13.9. The molecule has 6 rings (SSSR count). The van der Waals surface area contributed by atoms with E-state index in [1.807, 2.05) is 36.4 Å². The van der Waals surface area contributed by atoms with Crippen LogP contribution in [0.2, 0.25) is 0 Å². The molecule has 1 aliphatic carbocycles. The number of methoxy groups -OCH3 is 1. The molecule has 2 fully saturated rings. The lowest BCUT2D eigenvalue weighted by Crippen LogP contribution is -2.41. The second kappa shape index (κ2) is 12.0. The van der Waals surface area contributed by atoms with E-state index in [-0.39, 0.29) is 32.0 Å². The molecule has 0 unspecified atom stereocenters. The van der Waals surface area contributed by atoms with Crippen molar-refractivity contribution in [2.24, 2.45) is 0 Å². The van der Waals surface area contributed by atoms with E-state index in [0.29, 0.717) is 16.7 Å². The molecule has 0 bridgehead atoms. The van der Waals surface area contributed by atoms with Crippen molar-refractivity contribution in [2.75, 3.05) is 26.7 Å². The molecule has 1 saturated carbocycles. The predicted octanol–water partition coefficient (Wildman–Crippen LogP) is 4.53. The Balaban J connectivity index is 0.00000337. The zero-order valence-electron chi connectivity index (χ0n) is 23.1. The Kier molecular flexibility index (Phi) is 8.37. The number of fused-ring (bicyclic) bond motifs is 1. The molecule has 2 aliphatic rings. The SMILES string of the molecule is COC(=O)c1cccc(Cn2c(=O)oc3ccc(C4(C(=O)N[C@H](CN5CCCC5)c5ccccc5)CC4)cc32)c1.S. The first-order chi connectivity index (χ1) is 19.5. The van der Waals surface area contributed by atoms with Gasteiger partial charge in [-0.3, -0.25) is 9.36 Å². The second-order valence-electron chi connectivity index (χ2n) is 10.9. The Morgan fingerprint density at radius 2 is 1.76 bits per heavy atom. The van der Waals surface area contributed by atoms with Crippen molar-refractivity contribution in [1.29, 1.82) is 0 Å². The van der Waals surface area contributed by atoms with Crippen LogP contribution in [0.3, 0.4) is 0 Å². The zero-order chi connectivity index (χ0) is 27.7. The lowest BCUT2D eigenvalue weighted by Gasteiger charge is -2.27. The molecule has 0 spiro atoms. The molecule has 41 heavy (non-hydrogen) atoms. The number of likely N-dealkylation sites (tertiary alicyclic amines) is 1. The minimum Gasteiger partial charge on any atom is -0.465 e. The quantitative estimate of drug-likeness (QED) is 0.296. The zero-order valence-corrected chi connectivity index (χ0v) is 24.1. The predicted molar refractivity (Wildman–Crippen MR) is 162 cm³/mol. The number of hydrogen-bond acceptors (Lipinski definition) is 6. The smallest absolute Gasteiger partial charge is 0.420 e. The molecule has 1 aromatic heterocycles. The van der Waals surface area contributed by atoms with Crippen molar-refractivity contribution in [1.82, 2.24) is 14.8 Å². The fourth-order valence-electron chi connectivity index (χ4n) is 5.82. The van der Waals surface area contributed by atoms with Crippen LogP contribution < -0.4 is 11.1 Å². The number of ether oxygens (including phenoxy) is 1. The second-order valence-corrected chi connectivity index (χ2v) is 10.9. The average Bonchev–Trinajstić information content (AvgIpc) is 3.53. The van der Waals surface area contributed by atoms with Gasteiger partial charge in [0.2, 0.25) is 5.91 Å². The van der Waals surface area contributed by atoms with E-state index < -0.39 is 17.1 Å². The molecule has 9 heteroatoms. The van der Waals surface area contributed by atoms with E-state index >= 15 is 0 Å². The number of hydrogen-bond donors (Lipinski definition) is 1. The summed E-state index contributed by atoms with van der Waals surface area (Å²) in [4.78, 5) is 41.1. The molecule has 1 N–H and O–H groups in total. The standard InChI is InChI=1S/C32H33N3O5.H2S/c1-39-29(36)24-11-7-8-22(18-24)20-35-27-19-25(12-13-28(27)40-31(35)38)32(14-15-32)30(37)33-26(21-34-16-5-6-17-34)23-9-3-2-4-10-23;/h2-4,7-13,18-19,26H,5-6,14-17,20-21H2,1H3,(H,33,37);1H2/t26-;/m1./s1. The molecule has 4 aromatic rings. The molecule has 2 heterocycles. The van der Waals surface area contributed by atoms with E-state index in [0.717, 1.165) is 49.2 Å². The fourth-order valence-corrected chi connectivity index (χ4v) is 5.82. The third kappa shape index (κ3) is 5.83. The average molecular weight is 574 g/mol. The Hall–Kier alpha value is -3.82. The van der Waals surface area contributed by atoms with Crippen molar-refractivity contribution < 1.29 is 18.7 Å². The van der Waals surface area contributed by atoms with Crippen molar-refractivity contribution in [3.05, 3.63) is 106 Å². The molecule has 214 valence electrons. The molecule has 3 aromatic carbocycles. The van der Waals surface area contributed by atoms with Gasteiger partial charge in [-0.05, 0) is 79.7 Å². The van der Waals surface area contributed by atoms with Crippen LogP contribution in [-0.4, -0.2) is 48.1 Å². The highest BCUT2D eigenvalue weighted by molar-refractivity contribution is 7.59. The van der Waals surface area contributed by atoms with Crippen LogP contribution in [-0.2, 0) is 21.5 Å². The van der Waals surface area contributed by atoms with E-state index in [9.17, 15) is 14.4 Å². The van der Waals surface area contributed by atoms with Crippen LogP contribution in [0.4, 0.5) is 0 Å². The highest BCUT2D eigenvalue weighted by atomic mass is 32.1. The van der Waals surface area contributed by atoms with Gasteiger partial charge in [0.1, 0.15) is 0 Å². The van der Waals surface area contributed by atoms with Gasteiger partial charge in [-0.1, -0.05) is 48.5 Å². The minimum atomic E-state index is -0.630. The van der Waals surface area contributed by atoms with Gasteiger partial charge in [0.25, 0.3) is 0 Å². The first kappa shape index (κ1) is 28.7. The molecular weight excluding hydrogens is 538 g/mol. The summed E-state index contributed by atoms with van der Waals surface area (Å²) in [5.41, 5.74) is 3.62. The number of rotatable bonds is 9. The third-order valence-electron chi connectivity index (χ3n) is 8.24. The van der Waals surface area contributed by atoms with Crippen LogP contribution in [0.1, 0.15) is 58.8 Å². The van der Waals surface area contributed by atoms with Gasteiger partial charge in [0.05, 0.1) is 36.2 Å². The van der Waals surface area contributed by atoms with Gasteiger partial charge in [-0.2, -0.15) is 13.5 Å². The summed E-state index contributed by atoms with van der Waals surface area (Å²) in [6.45, 7) is 3.13. The molecule has 1 saturated heterocycles. The third-order valence-corrected chi connectivity index (χ3v) is 8.24. The maximum atomic E-state index is 13.9. The van der Waals surface area contributed by atoms with Crippen LogP contribution in [0.5, 0.6) is 0 Å². The van der Waals surface area contributed by atoms with E-state index in [1.54, 1.807) is 28.8 Å². The highest BCUT2D eigenvalue weighted by Gasteiger charge is 2.52. The Bertz CT molecular complexity index is 1600. The van der Waals surface area contributed by atoms with E-state index in [1.165, 1.54) is 20.0 Å². The number of esters is 1. The lowest BCUT2D eigenvalue weighted by molar-refractivity contribution is -0.124. The fraction of sp³-hybridized carbons (Fsp3) is 0.344. The summed E-state index contributed by atoms with van der Waals surface area (Å²) in [6.07, 6.45) is 3.88. The van der Waals surface area contributed by atoms with Gasteiger partial charge in [-0.15, -0.1) is 0 Å². The van der Waals surface area contributed by atoms with E-state index in [2.05, 4.69) is 22.3 Å². The van der Waals surface area contributed by atoms with Crippen molar-refractivity contribution in [2.45, 2.75) is 43.7 Å². The summed E-state index contributed by atoms with van der Waals surface area (Å²) in [6, 6.07) is 22.7. The molecule has 1 amide bonds. The normalized spacial score (nSPS) is 16.6. The largest absolute Gasteiger partial charge is 0.465 e. The number of carbonyl (C=O) groups is 2. The van der Waals surface area contributed by atoms with Crippen molar-refractivity contribution in [3.8, 4) is 0 Å². The summed E-state index contributed by atoms with van der Waals surface area (Å²) in [5, 5.41) is 3.38. The molecular formula is C32H35N3O5S. The first-order valence-electron chi connectivity index (χ1n) is 13.9. The van der Waals surface area contributed by atoms with Crippen LogP contribution in [0, 0.1) is 0 Å². The Morgan fingerprint density at radius 1 is 1.00 bits per heavy atom. The number of benzene rings is 3. The Labute approximate surface area is 245 Å². The summed E-state index contributed by atoms with van der Waals surface area (Å²) in [5.74, 6) is -0.906. The number of aromatic nitrogens is 1. The van der Waals surface area contributed by atoms with Crippen LogP contribution >= 0.6 is 13.5 Å². The minimum absolute atomic E-state index is 0. The number of oxazole rings is 1. The summed E-state index contributed by atoms with van der Waals surface area (Å²) in [7, 11) is 1.34. The van der Waals surface area contributed by atoms with Gasteiger partial charge < -0.3 is 19.4 Å². The van der Waals surface area contributed by atoms with Crippen molar-refractivity contribution in [3.63, 3.8) is 0 Å². The number of nitrogens with one attached hydrogen (secondary N) is 1. The maximum absolute atomic E-state index is 13.9. The number of carbonyl (C=O) groups excluding carboxylic acids is 2. The summed E-state index contributed by atoms with van der Waals surface area (Å²) >= 11 is 0. The van der Waals surface area contributed by atoms with Crippen molar-refractivity contribution >= 4 is 36.5 Å². The van der Waals surface area contributed by atoms with E-state index in [4.69, 9.17) is 9.15 Å². The van der Waals surface area contributed by atoms with Gasteiger partial charge in [0, 0.05) is 6.54 Å². The van der Waals surface area contributed by atoms with Gasteiger partial charge in [0.15, 0.2) is 5.58 Å². The molecule has 0 radical (unpaired) electrons. The van der Waals surface area contributed by atoms with Crippen LogP contribution in [0.25, 0.3) is 11.1 Å². The summed E-state index contributed by atoms with van der Waals surface area (Å²) < 4.78 is 11.9. The topological polar surface area (TPSA) is 93.8 Å². The lowest BCUT2D eigenvalue weighted by atomic mass is 9.93. The van der Waals surface area contributed by atoms with Crippen LogP contribution in [0.15, 0.2) is 82.0 Å². The maximum Gasteiger partial charge on any atom is 0.420 e. The number of nitrogens with zero attached hydrogens (tertiary/aromatic N) is 2. The van der Waals surface area contributed by atoms with Gasteiger partial charge in [-0.25, -0.2) is 9.59 Å². The molecule has 1 aliphatic heterocycles. The molecule has 1 atom stereocenters. The monoisotopic (exact) mass is 573 g/mol. The highest BCUT2D eigenvalue weighted by Crippen LogP contribution is 2.49. The van der Waals surface area contributed by atoms with Gasteiger partial charge >= 0.3 is 11.7 Å².